The van der Waals surface area contributed by atoms with Gasteiger partial charge in [0, 0.05) is 22.3 Å². The van der Waals surface area contributed by atoms with E-state index in [1.165, 1.54) is 12.3 Å². The summed E-state index contributed by atoms with van der Waals surface area (Å²) in [4.78, 5) is 3.89. The number of sulfone groups is 1. The molecule has 0 bridgehead atoms. The van der Waals surface area contributed by atoms with Crippen molar-refractivity contribution in [3.63, 3.8) is 0 Å². The van der Waals surface area contributed by atoms with Crippen molar-refractivity contribution in [1.82, 2.24) is 4.98 Å². The van der Waals surface area contributed by atoms with Crippen LogP contribution < -0.4 is 4.74 Å². The zero-order valence-corrected chi connectivity index (χ0v) is 12.5. The minimum atomic E-state index is -3.55. The molecule has 21 heavy (non-hydrogen) atoms. The maximum absolute atomic E-state index is 12.4. The molecule has 7 heteroatoms. The van der Waals surface area contributed by atoms with Gasteiger partial charge in [-0.2, -0.15) is 0 Å². The van der Waals surface area contributed by atoms with Gasteiger partial charge in [0.15, 0.2) is 21.7 Å². The van der Waals surface area contributed by atoms with E-state index in [0.717, 1.165) is 5.56 Å². The average molecular weight is 326 g/mol. The monoisotopic (exact) mass is 325 g/mol. The van der Waals surface area contributed by atoms with Gasteiger partial charge >= 0.3 is 0 Å². The number of benzene rings is 1. The number of nitrogens with zero attached hydrogens (tertiary/aromatic N) is 1. The van der Waals surface area contributed by atoms with Crippen molar-refractivity contribution >= 4 is 21.4 Å². The summed E-state index contributed by atoms with van der Waals surface area (Å²) >= 11 is 6.04. The number of hydrogen-bond donors (Lipinski definition) is 0. The summed E-state index contributed by atoms with van der Waals surface area (Å²) in [6.45, 7) is 0.456. The molecule has 0 saturated carbocycles. The van der Waals surface area contributed by atoms with Crippen LogP contribution in [0.2, 0.25) is 5.02 Å². The van der Waals surface area contributed by atoms with Crippen molar-refractivity contribution in [3.05, 3.63) is 52.7 Å². The number of fused-ring (bicyclic) bond motifs is 1. The Morgan fingerprint density at radius 2 is 2.14 bits per heavy atom. The number of aromatic nitrogens is 1. The van der Waals surface area contributed by atoms with Gasteiger partial charge in [0.05, 0.1) is 12.4 Å². The molecule has 0 fully saturated rings. The molecule has 1 aromatic carbocycles. The van der Waals surface area contributed by atoms with Crippen molar-refractivity contribution in [1.29, 1.82) is 0 Å². The van der Waals surface area contributed by atoms with E-state index in [-0.39, 0.29) is 17.6 Å². The first kappa shape index (κ1) is 14.3. The molecule has 0 N–H and O–H groups in total. The van der Waals surface area contributed by atoms with Crippen LogP contribution in [0.15, 0.2) is 41.6 Å². The molecule has 1 aliphatic heterocycles. The van der Waals surface area contributed by atoms with Gasteiger partial charge < -0.3 is 9.47 Å². The maximum atomic E-state index is 12.4. The molecule has 1 aromatic heterocycles. The van der Waals surface area contributed by atoms with E-state index >= 15 is 0 Å². The van der Waals surface area contributed by atoms with Gasteiger partial charge in [-0.25, -0.2) is 13.4 Å². The van der Waals surface area contributed by atoms with Crippen LogP contribution in [0.4, 0.5) is 0 Å². The Labute approximate surface area is 127 Å². The third kappa shape index (κ3) is 3.02. The number of hydrogen-bond acceptors (Lipinski definition) is 5. The smallest absolute Gasteiger partial charge is 0.199 e. The van der Waals surface area contributed by atoms with E-state index in [1.54, 1.807) is 24.3 Å². The van der Waals surface area contributed by atoms with Crippen LogP contribution in [0.25, 0.3) is 0 Å². The number of ether oxygens (including phenoxy) is 2. The summed E-state index contributed by atoms with van der Waals surface area (Å²) in [7, 11) is -3.55. The predicted octanol–water partition coefficient (Wildman–Crippen LogP) is 2.58. The average Bonchev–Trinajstić information content (AvgIpc) is 2.47. The standard InChI is InChI=1S/C14H12ClNO4S/c15-12-5-10-7-19-9-20-14(10)11(6-12)8-21(17,18)13-3-1-2-4-16-13/h1-6H,7-9H2. The van der Waals surface area contributed by atoms with E-state index in [2.05, 4.69) is 4.98 Å². The minimum absolute atomic E-state index is 0.0331. The molecule has 3 rings (SSSR count). The molecule has 0 aliphatic carbocycles. The first-order chi connectivity index (χ1) is 10.1. The lowest BCUT2D eigenvalue weighted by Crippen LogP contribution is -2.15. The van der Waals surface area contributed by atoms with E-state index in [4.69, 9.17) is 21.1 Å². The van der Waals surface area contributed by atoms with Gasteiger partial charge in [-0.1, -0.05) is 17.7 Å². The highest BCUT2D eigenvalue weighted by atomic mass is 35.5. The number of halogens is 1. The molecule has 110 valence electrons. The molecule has 0 saturated heterocycles. The zero-order valence-electron chi connectivity index (χ0n) is 11.0. The molecule has 0 spiro atoms. The molecular formula is C14H12ClNO4S. The van der Waals surface area contributed by atoms with Crippen LogP contribution in [0.3, 0.4) is 0 Å². The van der Waals surface area contributed by atoms with E-state index in [0.29, 0.717) is 22.9 Å². The molecule has 2 heterocycles. The molecule has 0 radical (unpaired) electrons. The second kappa shape index (κ2) is 5.63. The van der Waals surface area contributed by atoms with Crippen molar-refractivity contribution in [2.45, 2.75) is 17.4 Å². The van der Waals surface area contributed by atoms with Gasteiger partial charge in [-0.3, -0.25) is 0 Å². The SMILES string of the molecule is O=S(=O)(Cc1cc(Cl)cc2c1OCOC2)c1ccccn1. The normalized spacial score (nSPS) is 14.3. The molecule has 0 unspecified atom stereocenters. The molecule has 5 nitrogen and oxygen atoms in total. The lowest BCUT2D eigenvalue weighted by molar-refractivity contribution is -0.0169. The second-order valence-electron chi connectivity index (χ2n) is 4.59. The Hall–Kier alpha value is -1.63. The van der Waals surface area contributed by atoms with Crippen LogP contribution in [-0.2, 0) is 26.9 Å². The topological polar surface area (TPSA) is 65.5 Å². The Morgan fingerprint density at radius 1 is 1.29 bits per heavy atom. The number of pyridine rings is 1. The van der Waals surface area contributed by atoms with Crippen molar-refractivity contribution in [2.75, 3.05) is 6.79 Å². The summed E-state index contributed by atoms with van der Waals surface area (Å²) in [5.41, 5.74) is 1.27. The highest BCUT2D eigenvalue weighted by molar-refractivity contribution is 7.90. The summed E-state index contributed by atoms with van der Waals surface area (Å²) in [6, 6.07) is 8.09. The van der Waals surface area contributed by atoms with Crippen LogP contribution in [0, 0.1) is 0 Å². The first-order valence-electron chi connectivity index (χ1n) is 6.22. The van der Waals surface area contributed by atoms with E-state index in [9.17, 15) is 8.42 Å². The summed E-state index contributed by atoms with van der Waals surface area (Å²) < 4.78 is 35.4. The van der Waals surface area contributed by atoms with Gasteiger partial charge in [0.1, 0.15) is 5.75 Å². The summed E-state index contributed by atoms with van der Waals surface area (Å²) in [5, 5.41) is 0.486. The van der Waals surface area contributed by atoms with Gasteiger partial charge in [0.25, 0.3) is 0 Å². The molecule has 2 aromatic rings. The fraction of sp³-hybridized carbons (Fsp3) is 0.214. The van der Waals surface area contributed by atoms with Crippen LogP contribution in [0.5, 0.6) is 5.75 Å². The van der Waals surface area contributed by atoms with E-state index < -0.39 is 9.84 Å². The molecular weight excluding hydrogens is 314 g/mol. The Morgan fingerprint density at radius 3 is 2.90 bits per heavy atom. The quantitative estimate of drug-likeness (QED) is 0.867. The third-order valence-electron chi connectivity index (χ3n) is 3.05. The third-order valence-corrected chi connectivity index (χ3v) is 4.84. The molecule has 0 atom stereocenters. The first-order valence-corrected chi connectivity index (χ1v) is 8.25. The Kier molecular flexibility index (Phi) is 3.84. The molecule has 0 amide bonds. The lowest BCUT2D eigenvalue weighted by atomic mass is 10.1. The summed E-state index contributed by atoms with van der Waals surface area (Å²) in [6.07, 6.45) is 1.45. The Balaban J connectivity index is 2.00. The van der Waals surface area contributed by atoms with E-state index in [1.807, 2.05) is 0 Å². The highest BCUT2D eigenvalue weighted by Gasteiger charge is 2.23. The van der Waals surface area contributed by atoms with Gasteiger partial charge in [0.2, 0.25) is 0 Å². The van der Waals surface area contributed by atoms with Crippen molar-refractivity contribution in [3.8, 4) is 5.75 Å². The maximum Gasteiger partial charge on any atom is 0.199 e. The lowest BCUT2D eigenvalue weighted by Gasteiger charge is -2.21. The van der Waals surface area contributed by atoms with Crippen LogP contribution >= 0.6 is 11.6 Å². The van der Waals surface area contributed by atoms with Crippen molar-refractivity contribution < 1.29 is 17.9 Å². The summed E-state index contributed by atoms with van der Waals surface area (Å²) in [5.74, 6) is 0.317. The number of rotatable bonds is 3. The zero-order chi connectivity index (χ0) is 14.9. The van der Waals surface area contributed by atoms with Crippen LogP contribution in [0.1, 0.15) is 11.1 Å². The van der Waals surface area contributed by atoms with Gasteiger partial charge in [-0.05, 0) is 24.3 Å². The second-order valence-corrected chi connectivity index (χ2v) is 6.96. The molecule has 1 aliphatic rings. The van der Waals surface area contributed by atoms with Gasteiger partial charge in [-0.15, -0.1) is 0 Å². The largest absolute Gasteiger partial charge is 0.467 e. The minimum Gasteiger partial charge on any atom is -0.467 e. The fourth-order valence-corrected chi connectivity index (χ4v) is 3.72. The Bertz CT molecular complexity index is 762. The van der Waals surface area contributed by atoms with Crippen LogP contribution in [-0.4, -0.2) is 20.2 Å². The highest BCUT2D eigenvalue weighted by Crippen LogP contribution is 2.33. The predicted molar refractivity (Wildman–Crippen MR) is 76.9 cm³/mol. The van der Waals surface area contributed by atoms with Crippen molar-refractivity contribution in [2.24, 2.45) is 0 Å². The fourth-order valence-electron chi connectivity index (χ4n) is 2.17.